The number of benzene rings is 1. The SMILES string of the molecule is C=C=C=C=C=C=C=C=C=C=C=C=C=C=C[C@H](O)[C@@H](N)Cc1ccc(O)cc1.[HH].[HH].[HH].[HH].[HH].[HH].[HH].[HH].[HH].[HH].[HH].[HH].[HH].[HH].[HH]. The van der Waals surface area contributed by atoms with Gasteiger partial charge in [0.15, 0.2) is 0 Å². The quantitative estimate of drug-likeness (QED) is 0.522. The Balaban J connectivity index is -0.0000000374. The normalized spacial score (nSPS) is 9.56. The van der Waals surface area contributed by atoms with E-state index >= 15 is 0 Å². The number of aliphatic hydroxyl groups is 1. The molecular weight excluding hydrogens is 334 g/mol. The first-order valence-corrected chi connectivity index (χ1v) is 7.71. The summed E-state index contributed by atoms with van der Waals surface area (Å²) >= 11 is 0. The standard InChI is InChI=1S/C24H15NO2.15H2/c1-2-3-4-5-6-7-8-9-10-11-12-13-14-15-24(27)23(25)20-21-16-18-22(26)19-17-21;;;;;;;;;;;;;;;/h15-19,23-24,26-27H,1,20,25H2;15*1H/t23-,24-;;;;;;;;;;;;;;;/m0.............../s1. The first kappa shape index (κ1) is 20.9. The van der Waals surface area contributed by atoms with Crippen LogP contribution in [0.15, 0.2) is 111 Å². The molecule has 1 aromatic carbocycles. The number of aromatic hydroxyl groups is 1. The second kappa shape index (κ2) is 13.1. The molecule has 1 aromatic rings. The summed E-state index contributed by atoms with van der Waals surface area (Å²) in [5.74, 6) is 0.183. The molecule has 0 spiro atoms. The van der Waals surface area contributed by atoms with Crippen molar-refractivity contribution in [1.82, 2.24) is 0 Å². The topological polar surface area (TPSA) is 66.5 Å². The predicted molar refractivity (Wildman–Crippen MR) is 133 cm³/mol. The van der Waals surface area contributed by atoms with Crippen LogP contribution in [-0.4, -0.2) is 22.4 Å². The molecule has 158 valence electrons. The summed E-state index contributed by atoms with van der Waals surface area (Å²) in [5.41, 5.74) is 39.3. The second-order valence-electron chi connectivity index (χ2n) is 4.89. The van der Waals surface area contributed by atoms with Crippen LogP contribution >= 0.6 is 0 Å². The van der Waals surface area contributed by atoms with E-state index in [2.05, 4.69) is 81.1 Å². The summed E-state index contributed by atoms with van der Waals surface area (Å²) in [4.78, 5) is 0. The Morgan fingerprint density at radius 2 is 1.37 bits per heavy atom. The van der Waals surface area contributed by atoms with Gasteiger partial charge in [0.2, 0.25) is 0 Å². The molecule has 0 aliphatic carbocycles. The van der Waals surface area contributed by atoms with Crippen LogP contribution in [0.5, 0.6) is 5.75 Å². The molecule has 0 saturated carbocycles. The fourth-order valence-corrected chi connectivity index (χ4v) is 1.64. The van der Waals surface area contributed by atoms with Gasteiger partial charge in [-0.25, -0.2) is 0 Å². The Morgan fingerprint density at radius 3 is 1.89 bits per heavy atom. The van der Waals surface area contributed by atoms with Crippen molar-refractivity contribution in [1.29, 1.82) is 0 Å². The molecule has 0 fully saturated rings. The zero-order valence-electron chi connectivity index (χ0n) is 14.4. The van der Waals surface area contributed by atoms with Gasteiger partial charge in [-0.05, 0) is 99.8 Å². The van der Waals surface area contributed by atoms with E-state index in [0.29, 0.717) is 6.42 Å². The molecule has 0 bridgehead atoms. The fraction of sp³-hybridized carbons (Fsp3) is 0.125. The third kappa shape index (κ3) is 10.3. The maximum atomic E-state index is 9.95. The van der Waals surface area contributed by atoms with Gasteiger partial charge in [0, 0.05) is 27.4 Å². The lowest BCUT2D eigenvalue weighted by molar-refractivity contribution is 0.191. The van der Waals surface area contributed by atoms with Gasteiger partial charge in [-0.2, -0.15) is 0 Å². The molecule has 0 radical (unpaired) electrons. The highest BCUT2D eigenvalue weighted by Gasteiger charge is 2.12. The zero-order chi connectivity index (χ0) is 19.7. The van der Waals surface area contributed by atoms with Crippen molar-refractivity contribution in [3.8, 4) is 5.75 Å². The monoisotopic (exact) mass is 379 g/mol. The highest BCUT2D eigenvalue weighted by molar-refractivity contribution is 5.26. The number of rotatable bonds is 4. The molecule has 27 heavy (non-hydrogen) atoms. The first-order chi connectivity index (χ1) is 13.1. The fourth-order valence-electron chi connectivity index (χ4n) is 1.64. The van der Waals surface area contributed by atoms with E-state index in [4.69, 9.17) is 5.73 Å². The summed E-state index contributed by atoms with van der Waals surface area (Å²) in [7, 11) is 0. The van der Waals surface area contributed by atoms with Crippen LogP contribution in [0.25, 0.3) is 0 Å². The van der Waals surface area contributed by atoms with Gasteiger partial charge in [-0.3, -0.25) is 0 Å². The molecule has 0 heterocycles. The van der Waals surface area contributed by atoms with E-state index in [0.717, 1.165) is 5.56 Å². The average Bonchev–Trinajstić information content (AvgIpc) is 2.67. The Bertz CT molecular complexity index is 1190. The van der Waals surface area contributed by atoms with E-state index in [9.17, 15) is 10.2 Å². The van der Waals surface area contributed by atoms with E-state index in [1.807, 2.05) is 0 Å². The summed E-state index contributed by atoms with van der Waals surface area (Å²) in [6.45, 7) is 3.31. The second-order valence-corrected chi connectivity index (χ2v) is 4.89. The smallest absolute Gasteiger partial charge is 0.115 e. The molecule has 3 nitrogen and oxygen atoms in total. The molecule has 0 amide bonds. The number of nitrogens with two attached hydrogens (primary N) is 1. The molecule has 1 rings (SSSR count). The molecule has 0 aromatic heterocycles. The van der Waals surface area contributed by atoms with Crippen molar-refractivity contribution >= 4 is 0 Å². The number of hydrogen-bond donors (Lipinski definition) is 3. The Hall–Kier alpha value is -4.18. The number of phenols is 1. The summed E-state index contributed by atoms with van der Waals surface area (Å²) in [5, 5.41) is 19.2. The third-order valence-corrected chi connectivity index (χ3v) is 2.89. The van der Waals surface area contributed by atoms with Gasteiger partial charge in [0.1, 0.15) is 5.75 Å². The van der Waals surface area contributed by atoms with Crippen LogP contribution in [0.3, 0.4) is 0 Å². The lowest BCUT2D eigenvalue weighted by Gasteiger charge is -2.14. The largest absolute Gasteiger partial charge is 0.508 e. The van der Waals surface area contributed by atoms with Crippen LogP contribution < -0.4 is 5.73 Å². The summed E-state index contributed by atoms with van der Waals surface area (Å²) in [6.07, 6.45) is 0.936. The van der Waals surface area contributed by atoms with Crippen LogP contribution in [-0.2, 0) is 6.42 Å². The molecule has 0 aliphatic heterocycles. The van der Waals surface area contributed by atoms with Crippen LogP contribution in [0.1, 0.15) is 27.0 Å². The van der Waals surface area contributed by atoms with Gasteiger partial charge in [-0.1, -0.05) is 23.6 Å². The predicted octanol–water partition coefficient (Wildman–Crippen LogP) is 6.52. The molecule has 0 saturated heterocycles. The summed E-state index contributed by atoms with van der Waals surface area (Å²) in [6, 6.07) is 6.13. The minimum absolute atomic E-state index is 0. The van der Waals surface area contributed by atoms with Crippen molar-refractivity contribution in [2.75, 3.05) is 0 Å². The molecular formula is C24H45NO2. The minimum Gasteiger partial charge on any atom is -0.508 e. The first-order valence-electron chi connectivity index (χ1n) is 7.71. The number of phenolic OH excluding ortho intramolecular Hbond substituents is 1. The maximum Gasteiger partial charge on any atom is 0.115 e. The van der Waals surface area contributed by atoms with E-state index in [-0.39, 0.29) is 27.1 Å². The van der Waals surface area contributed by atoms with Crippen molar-refractivity contribution < 1.29 is 31.6 Å². The van der Waals surface area contributed by atoms with E-state index in [1.165, 1.54) is 6.08 Å². The Labute approximate surface area is 180 Å². The number of hydrogen-bond acceptors (Lipinski definition) is 3. The molecule has 3 heteroatoms. The Morgan fingerprint density at radius 1 is 0.889 bits per heavy atom. The van der Waals surface area contributed by atoms with Crippen molar-refractivity contribution in [2.45, 2.75) is 18.6 Å². The molecule has 2 atom stereocenters. The van der Waals surface area contributed by atoms with Crippen LogP contribution in [0, 0.1) is 0 Å². The minimum atomic E-state index is -0.898. The van der Waals surface area contributed by atoms with Crippen LogP contribution in [0.4, 0.5) is 0 Å². The van der Waals surface area contributed by atoms with Gasteiger partial charge in [0.25, 0.3) is 0 Å². The summed E-state index contributed by atoms with van der Waals surface area (Å²) < 4.78 is 0. The number of aliphatic hydroxyl groups excluding tert-OH is 1. The van der Waals surface area contributed by atoms with Gasteiger partial charge in [-0.15, -0.1) is 0 Å². The lowest BCUT2D eigenvalue weighted by atomic mass is 10.0. The zero-order valence-corrected chi connectivity index (χ0v) is 14.4. The van der Waals surface area contributed by atoms with Crippen molar-refractivity contribution in [3.63, 3.8) is 0 Å². The van der Waals surface area contributed by atoms with E-state index < -0.39 is 12.1 Å². The lowest BCUT2D eigenvalue weighted by Crippen LogP contribution is -2.35. The average molecular weight is 380 g/mol. The maximum absolute atomic E-state index is 9.95. The van der Waals surface area contributed by atoms with E-state index in [1.54, 1.807) is 24.3 Å². The third-order valence-electron chi connectivity index (χ3n) is 2.89. The highest BCUT2D eigenvalue weighted by Crippen LogP contribution is 2.11. The van der Waals surface area contributed by atoms with Crippen LogP contribution in [0.2, 0.25) is 0 Å². The molecule has 0 unspecified atom stereocenters. The highest BCUT2D eigenvalue weighted by atomic mass is 16.3. The molecule has 0 aliphatic rings. The van der Waals surface area contributed by atoms with Crippen molar-refractivity contribution in [3.05, 3.63) is 117 Å². The van der Waals surface area contributed by atoms with Crippen molar-refractivity contribution in [2.24, 2.45) is 5.73 Å². The van der Waals surface area contributed by atoms with Gasteiger partial charge < -0.3 is 15.9 Å². The van der Waals surface area contributed by atoms with Gasteiger partial charge in [0.05, 0.1) is 6.10 Å². The molecule has 4 N–H and O–H groups in total. The van der Waals surface area contributed by atoms with Gasteiger partial charge >= 0.3 is 0 Å². The Kier molecular flexibility index (Phi) is 10.2.